The van der Waals surface area contributed by atoms with Crippen LogP contribution in [0.4, 0.5) is 8.78 Å². The van der Waals surface area contributed by atoms with Gasteiger partial charge in [-0.05, 0) is 45.0 Å². The fraction of sp³-hybridized carbons (Fsp3) is 0.455. The van der Waals surface area contributed by atoms with Crippen LogP contribution in [-0.2, 0) is 6.42 Å². The molecule has 0 spiro atoms. The first-order chi connectivity index (χ1) is 6.43. The highest BCUT2D eigenvalue weighted by molar-refractivity contribution is 5.19. The Kier molecular flexibility index (Phi) is 3.21. The van der Waals surface area contributed by atoms with Crippen LogP contribution in [0.25, 0.3) is 0 Å². The average molecular weight is 199 g/mol. The lowest BCUT2D eigenvalue weighted by Crippen LogP contribution is -2.38. The van der Waals surface area contributed by atoms with Gasteiger partial charge in [0.2, 0.25) is 0 Å². The molecule has 0 radical (unpaired) electrons. The smallest absolute Gasteiger partial charge is 0.126 e. The van der Waals surface area contributed by atoms with Gasteiger partial charge < -0.3 is 5.32 Å². The molecule has 0 saturated carbocycles. The van der Waals surface area contributed by atoms with Gasteiger partial charge in [0.25, 0.3) is 0 Å². The van der Waals surface area contributed by atoms with Crippen LogP contribution in [0.2, 0.25) is 0 Å². The molecule has 1 N–H and O–H groups in total. The topological polar surface area (TPSA) is 12.0 Å². The van der Waals surface area contributed by atoms with E-state index in [9.17, 15) is 8.78 Å². The van der Waals surface area contributed by atoms with Crippen molar-refractivity contribution in [3.63, 3.8) is 0 Å². The second-order valence-corrected chi connectivity index (χ2v) is 4.09. The van der Waals surface area contributed by atoms with Gasteiger partial charge in [-0.15, -0.1) is 0 Å². The van der Waals surface area contributed by atoms with E-state index in [1.165, 1.54) is 12.1 Å². The van der Waals surface area contributed by atoms with E-state index in [4.69, 9.17) is 0 Å². The van der Waals surface area contributed by atoms with Gasteiger partial charge >= 0.3 is 0 Å². The summed E-state index contributed by atoms with van der Waals surface area (Å²) in [7, 11) is 1.83. The molecule has 0 fully saturated rings. The molecule has 1 aromatic carbocycles. The van der Waals surface area contributed by atoms with E-state index in [0.29, 0.717) is 12.0 Å². The van der Waals surface area contributed by atoms with E-state index in [-0.39, 0.29) is 5.54 Å². The molecule has 0 amide bonds. The number of hydrogen-bond acceptors (Lipinski definition) is 1. The SMILES string of the molecule is CNC(C)(C)Cc1cc(F)cc(F)c1. The lowest BCUT2D eigenvalue weighted by Gasteiger charge is -2.23. The Morgan fingerprint density at radius 3 is 2.07 bits per heavy atom. The molecule has 1 nitrogen and oxygen atoms in total. The summed E-state index contributed by atoms with van der Waals surface area (Å²) in [5, 5.41) is 3.08. The lowest BCUT2D eigenvalue weighted by atomic mass is 9.95. The predicted molar refractivity (Wildman–Crippen MR) is 53.2 cm³/mol. The van der Waals surface area contributed by atoms with Crippen molar-refractivity contribution >= 4 is 0 Å². The molecule has 0 unspecified atom stereocenters. The standard InChI is InChI=1S/C11H15F2N/c1-11(2,14-3)7-8-4-9(12)6-10(13)5-8/h4-6,14H,7H2,1-3H3. The number of rotatable bonds is 3. The molecular formula is C11H15F2N. The molecule has 1 rings (SSSR count). The average Bonchev–Trinajstić information content (AvgIpc) is 2.01. The second kappa shape index (κ2) is 4.05. The van der Waals surface area contributed by atoms with Crippen LogP contribution in [0.5, 0.6) is 0 Å². The maximum atomic E-state index is 12.8. The molecule has 1 aromatic rings. The minimum Gasteiger partial charge on any atom is -0.314 e. The van der Waals surface area contributed by atoms with Crippen LogP contribution in [0.3, 0.4) is 0 Å². The first-order valence-electron chi connectivity index (χ1n) is 4.57. The van der Waals surface area contributed by atoms with Gasteiger partial charge in [0.15, 0.2) is 0 Å². The van der Waals surface area contributed by atoms with Gasteiger partial charge in [-0.1, -0.05) is 0 Å². The van der Waals surface area contributed by atoms with E-state index in [2.05, 4.69) is 5.32 Å². The maximum absolute atomic E-state index is 12.8. The quantitative estimate of drug-likeness (QED) is 0.788. The Hall–Kier alpha value is -0.960. The summed E-state index contributed by atoms with van der Waals surface area (Å²) in [5.74, 6) is -1.04. The normalized spacial score (nSPS) is 11.8. The molecule has 0 aliphatic carbocycles. The van der Waals surface area contributed by atoms with Crippen LogP contribution in [-0.4, -0.2) is 12.6 Å². The largest absolute Gasteiger partial charge is 0.314 e. The zero-order valence-electron chi connectivity index (χ0n) is 8.70. The summed E-state index contributed by atoms with van der Waals surface area (Å²) in [6.07, 6.45) is 0.595. The minimum absolute atomic E-state index is 0.153. The van der Waals surface area contributed by atoms with Crippen molar-refractivity contribution in [2.75, 3.05) is 7.05 Å². The van der Waals surface area contributed by atoms with Gasteiger partial charge in [-0.2, -0.15) is 0 Å². The first-order valence-corrected chi connectivity index (χ1v) is 4.57. The zero-order chi connectivity index (χ0) is 10.8. The van der Waals surface area contributed by atoms with Crippen molar-refractivity contribution in [1.29, 1.82) is 0 Å². The highest BCUT2D eigenvalue weighted by atomic mass is 19.1. The molecule has 0 aromatic heterocycles. The van der Waals surface area contributed by atoms with Crippen molar-refractivity contribution in [2.45, 2.75) is 25.8 Å². The fourth-order valence-electron chi connectivity index (χ4n) is 1.31. The molecule has 0 heterocycles. The molecule has 0 atom stereocenters. The van der Waals surface area contributed by atoms with E-state index in [1.807, 2.05) is 20.9 Å². The van der Waals surface area contributed by atoms with Crippen molar-refractivity contribution < 1.29 is 8.78 Å². The first kappa shape index (κ1) is 11.1. The monoisotopic (exact) mass is 199 g/mol. The summed E-state index contributed by atoms with van der Waals surface area (Å²) in [6.45, 7) is 3.96. The van der Waals surface area contributed by atoms with Gasteiger partial charge in [0.1, 0.15) is 11.6 Å². The zero-order valence-corrected chi connectivity index (χ0v) is 8.70. The van der Waals surface area contributed by atoms with Gasteiger partial charge in [-0.25, -0.2) is 8.78 Å². The van der Waals surface area contributed by atoms with Crippen molar-refractivity contribution in [1.82, 2.24) is 5.32 Å². The number of benzene rings is 1. The third-order valence-corrected chi connectivity index (χ3v) is 2.25. The van der Waals surface area contributed by atoms with Crippen molar-refractivity contribution in [2.24, 2.45) is 0 Å². The number of hydrogen-bond donors (Lipinski definition) is 1. The van der Waals surface area contributed by atoms with Crippen molar-refractivity contribution in [3.8, 4) is 0 Å². The molecule has 78 valence electrons. The summed E-state index contributed by atoms with van der Waals surface area (Å²) in [4.78, 5) is 0. The van der Waals surface area contributed by atoms with Crippen LogP contribution in [0.1, 0.15) is 19.4 Å². The lowest BCUT2D eigenvalue weighted by molar-refractivity contribution is 0.420. The van der Waals surface area contributed by atoms with E-state index < -0.39 is 11.6 Å². The van der Waals surface area contributed by atoms with Gasteiger partial charge in [0, 0.05) is 11.6 Å². The van der Waals surface area contributed by atoms with Crippen LogP contribution in [0.15, 0.2) is 18.2 Å². The predicted octanol–water partition coefficient (Wildman–Crippen LogP) is 2.51. The molecule has 0 saturated heterocycles. The van der Waals surface area contributed by atoms with Crippen LogP contribution >= 0.6 is 0 Å². The summed E-state index contributed by atoms with van der Waals surface area (Å²) >= 11 is 0. The van der Waals surface area contributed by atoms with Crippen LogP contribution in [0, 0.1) is 11.6 Å². The Balaban J connectivity index is 2.87. The fourth-order valence-corrected chi connectivity index (χ4v) is 1.31. The van der Waals surface area contributed by atoms with Crippen molar-refractivity contribution in [3.05, 3.63) is 35.4 Å². The Bertz CT molecular complexity index is 301. The molecule has 0 aliphatic rings. The Morgan fingerprint density at radius 1 is 1.14 bits per heavy atom. The summed E-state index contributed by atoms with van der Waals surface area (Å²) < 4.78 is 25.7. The molecular weight excluding hydrogens is 184 g/mol. The highest BCUT2D eigenvalue weighted by Crippen LogP contribution is 2.14. The maximum Gasteiger partial charge on any atom is 0.126 e. The third kappa shape index (κ3) is 3.07. The van der Waals surface area contributed by atoms with Gasteiger partial charge in [0.05, 0.1) is 0 Å². The molecule has 0 bridgehead atoms. The molecule has 0 aliphatic heterocycles. The number of halogens is 2. The number of likely N-dealkylation sites (N-methyl/N-ethyl adjacent to an activating group) is 1. The van der Waals surface area contributed by atoms with Gasteiger partial charge in [-0.3, -0.25) is 0 Å². The number of nitrogens with one attached hydrogen (secondary N) is 1. The highest BCUT2D eigenvalue weighted by Gasteiger charge is 2.16. The van der Waals surface area contributed by atoms with E-state index in [1.54, 1.807) is 0 Å². The summed E-state index contributed by atoms with van der Waals surface area (Å²) in [6, 6.07) is 3.61. The Labute approximate surface area is 83.1 Å². The molecule has 14 heavy (non-hydrogen) atoms. The third-order valence-electron chi connectivity index (χ3n) is 2.25. The minimum atomic E-state index is -0.521. The van der Waals surface area contributed by atoms with Crippen LogP contribution < -0.4 is 5.32 Å². The Morgan fingerprint density at radius 2 is 1.64 bits per heavy atom. The molecule has 3 heteroatoms. The van der Waals surface area contributed by atoms with E-state index in [0.717, 1.165) is 6.07 Å². The van der Waals surface area contributed by atoms with E-state index >= 15 is 0 Å². The second-order valence-electron chi connectivity index (χ2n) is 4.09. The summed E-state index contributed by atoms with van der Waals surface area (Å²) in [5.41, 5.74) is 0.516.